The fourth-order valence-corrected chi connectivity index (χ4v) is 5.54. The van der Waals surface area contributed by atoms with Crippen molar-refractivity contribution < 1.29 is 26.9 Å². The summed E-state index contributed by atoms with van der Waals surface area (Å²) in [6.45, 7) is 13.7. The lowest BCUT2D eigenvalue weighted by atomic mass is 9.78. The number of rotatable bonds is 6. The molecule has 2 aromatic rings. The summed E-state index contributed by atoms with van der Waals surface area (Å²) in [6, 6.07) is 11.2. The van der Waals surface area contributed by atoms with E-state index in [1.165, 1.54) is 16.7 Å². The minimum atomic E-state index is -3.77. The van der Waals surface area contributed by atoms with Crippen LogP contribution in [0.2, 0.25) is 0 Å². The first kappa shape index (κ1) is 28.8. The number of hydrogen-bond donors (Lipinski definition) is 0. The molecule has 0 radical (unpaired) electrons. The standard InChI is InChI=1S/C28H35NO6S2/c1-9-34-24(30)17-29-21-12-10-11-13-22(21)36-23(26(29)31)16-18-14-19(27(2,3)4)25(35-37(8,32)33)20(15-18)28(5,6)7/h10-16H,9,17H2,1-8H3/b23-16+. The van der Waals surface area contributed by atoms with E-state index >= 15 is 0 Å². The van der Waals surface area contributed by atoms with E-state index in [0.29, 0.717) is 27.5 Å². The third-order valence-electron chi connectivity index (χ3n) is 5.68. The van der Waals surface area contributed by atoms with Gasteiger partial charge in [-0.15, -0.1) is 0 Å². The van der Waals surface area contributed by atoms with Crippen LogP contribution in [-0.2, 0) is 35.3 Å². The molecule has 0 fully saturated rings. The molecule has 200 valence electrons. The van der Waals surface area contributed by atoms with Gasteiger partial charge < -0.3 is 8.92 Å². The molecule has 0 N–H and O–H groups in total. The fraction of sp³-hybridized carbons (Fsp3) is 0.429. The molecule has 1 aliphatic rings. The summed E-state index contributed by atoms with van der Waals surface area (Å²) in [5.74, 6) is -0.464. The second-order valence-corrected chi connectivity index (χ2v) is 13.7. The van der Waals surface area contributed by atoms with Crippen LogP contribution in [0.15, 0.2) is 46.2 Å². The zero-order chi connectivity index (χ0) is 27.8. The predicted octanol–water partition coefficient (Wildman–Crippen LogP) is 5.66. The Kier molecular flexibility index (Phi) is 8.19. The van der Waals surface area contributed by atoms with Crippen LogP contribution in [0.25, 0.3) is 6.08 Å². The van der Waals surface area contributed by atoms with Crippen molar-refractivity contribution in [3.05, 3.63) is 58.0 Å². The molecule has 1 amide bonds. The van der Waals surface area contributed by atoms with E-state index in [0.717, 1.165) is 16.7 Å². The van der Waals surface area contributed by atoms with Crippen LogP contribution < -0.4 is 9.08 Å². The molecule has 2 aromatic carbocycles. The molecule has 9 heteroatoms. The number of anilines is 1. The number of para-hydroxylation sites is 1. The van der Waals surface area contributed by atoms with Gasteiger partial charge in [0, 0.05) is 16.0 Å². The number of ether oxygens (including phenoxy) is 1. The van der Waals surface area contributed by atoms with Crippen LogP contribution in [0, 0.1) is 0 Å². The van der Waals surface area contributed by atoms with Crippen LogP contribution in [0.1, 0.15) is 65.2 Å². The van der Waals surface area contributed by atoms with Gasteiger partial charge in [0.25, 0.3) is 5.91 Å². The monoisotopic (exact) mass is 545 g/mol. The Bertz CT molecular complexity index is 1310. The topological polar surface area (TPSA) is 90.0 Å². The number of esters is 1. The van der Waals surface area contributed by atoms with Crippen molar-refractivity contribution in [1.29, 1.82) is 0 Å². The molecule has 0 saturated heterocycles. The molecule has 0 atom stereocenters. The predicted molar refractivity (Wildman–Crippen MR) is 149 cm³/mol. The number of amides is 1. The molecule has 0 unspecified atom stereocenters. The van der Waals surface area contributed by atoms with Crippen LogP contribution in [0.5, 0.6) is 5.75 Å². The first-order valence-corrected chi connectivity index (χ1v) is 14.7. The van der Waals surface area contributed by atoms with Crippen LogP contribution >= 0.6 is 11.8 Å². The number of thioether (sulfide) groups is 1. The van der Waals surface area contributed by atoms with Crippen molar-refractivity contribution in [3.8, 4) is 5.75 Å². The summed E-state index contributed by atoms with van der Waals surface area (Å²) in [4.78, 5) is 28.6. The molecule has 0 aromatic heterocycles. The van der Waals surface area contributed by atoms with E-state index in [1.807, 2.05) is 77.9 Å². The molecule has 1 heterocycles. The molecule has 3 rings (SSSR count). The fourth-order valence-electron chi connectivity index (χ4n) is 4.00. The first-order chi connectivity index (χ1) is 17.0. The van der Waals surface area contributed by atoms with Crippen LogP contribution in [0.4, 0.5) is 5.69 Å². The van der Waals surface area contributed by atoms with Crippen molar-refractivity contribution in [2.75, 3.05) is 24.3 Å². The largest absolute Gasteiger partial charge is 0.465 e. The number of nitrogens with zero attached hydrogens (tertiary/aromatic N) is 1. The maximum absolute atomic E-state index is 13.6. The Morgan fingerprint density at radius 2 is 1.59 bits per heavy atom. The Balaban J connectivity index is 2.20. The number of carbonyl (C=O) groups is 2. The Labute approximate surface area is 224 Å². The molecule has 37 heavy (non-hydrogen) atoms. The number of carbonyl (C=O) groups excluding carboxylic acids is 2. The van der Waals surface area contributed by atoms with Gasteiger partial charge in [0.05, 0.1) is 23.5 Å². The first-order valence-electron chi connectivity index (χ1n) is 12.1. The maximum Gasteiger partial charge on any atom is 0.326 e. The zero-order valence-electron chi connectivity index (χ0n) is 22.7. The van der Waals surface area contributed by atoms with E-state index < -0.39 is 26.9 Å². The maximum atomic E-state index is 13.6. The van der Waals surface area contributed by atoms with Crippen molar-refractivity contribution in [2.24, 2.45) is 0 Å². The highest BCUT2D eigenvalue weighted by Crippen LogP contribution is 2.44. The van der Waals surface area contributed by atoms with Gasteiger partial charge in [-0.05, 0) is 53.7 Å². The molecule has 0 saturated carbocycles. The van der Waals surface area contributed by atoms with Gasteiger partial charge in [-0.3, -0.25) is 14.5 Å². The molecule has 0 spiro atoms. The summed E-state index contributed by atoms with van der Waals surface area (Å²) in [6.07, 6.45) is 2.82. The molecular weight excluding hydrogens is 510 g/mol. The van der Waals surface area contributed by atoms with Crippen LogP contribution in [-0.4, -0.2) is 39.7 Å². The molecule has 1 aliphatic heterocycles. The van der Waals surface area contributed by atoms with Gasteiger partial charge in [0.2, 0.25) is 0 Å². The highest BCUT2D eigenvalue weighted by Gasteiger charge is 2.33. The Hall–Kier alpha value is -2.78. The second-order valence-electron chi connectivity index (χ2n) is 11.0. The lowest BCUT2D eigenvalue weighted by molar-refractivity contribution is -0.142. The Morgan fingerprint density at radius 1 is 1.03 bits per heavy atom. The second kappa shape index (κ2) is 10.5. The third-order valence-corrected chi connectivity index (χ3v) is 7.23. The number of fused-ring (bicyclic) bond motifs is 1. The number of benzene rings is 2. The van der Waals surface area contributed by atoms with Crippen molar-refractivity contribution in [3.63, 3.8) is 0 Å². The Morgan fingerprint density at radius 3 is 2.11 bits per heavy atom. The van der Waals surface area contributed by atoms with Gasteiger partial charge in [0.15, 0.2) is 0 Å². The normalized spacial score (nSPS) is 15.5. The van der Waals surface area contributed by atoms with E-state index in [1.54, 1.807) is 13.0 Å². The van der Waals surface area contributed by atoms with Gasteiger partial charge in [-0.1, -0.05) is 65.4 Å². The van der Waals surface area contributed by atoms with Crippen molar-refractivity contribution >= 4 is 45.5 Å². The number of hydrogen-bond acceptors (Lipinski definition) is 7. The van der Waals surface area contributed by atoms with Crippen molar-refractivity contribution in [2.45, 2.75) is 64.2 Å². The summed E-state index contributed by atoms with van der Waals surface area (Å²) >= 11 is 1.34. The molecule has 7 nitrogen and oxygen atoms in total. The summed E-state index contributed by atoms with van der Waals surface area (Å²) in [5, 5.41) is 0. The quantitative estimate of drug-likeness (QED) is 0.263. The van der Waals surface area contributed by atoms with E-state index in [2.05, 4.69) is 0 Å². The van der Waals surface area contributed by atoms with Crippen molar-refractivity contribution in [1.82, 2.24) is 0 Å². The minimum Gasteiger partial charge on any atom is -0.465 e. The summed E-state index contributed by atoms with van der Waals surface area (Å²) in [5.41, 5.74) is 1.94. The lowest BCUT2D eigenvalue weighted by Crippen LogP contribution is -2.39. The zero-order valence-corrected chi connectivity index (χ0v) is 24.3. The lowest BCUT2D eigenvalue weighted by Gasteiger charge is -2.31. The van der Waals surface area contributed by atoms with Gasteiger partial charge >= 0.3 is 16.1 Å². The van der Waals surface area contributed by atoms with Gasteiger partial charge in [0.1, 0.15) is 12.3 Å². The summed E-state index contributed by atoms with van der Waals surface area (Å²) in [7, 11) is -3.77. The van der Waals surface area contributed by atoms with Gasteiger partial charge in [-0.2, -0.15) is 8.42 Å². The highest BCUT2D eigenvalue weighted by molar-refractivity contribution is 8.04. The van der Waals surface area contributed by atoms with Crippen LogP contribution in [0.3, 0.4) is 0 Å². The van der Waals surface area contributed by atoms with Gasteiger partial charge in [-0.25, -0.2) is 0 Å². The SMILES string of the molecule is CCOC(=O)CN1C(=O)/C(=C\c2cc(C(C)(C)C)c(OS(C)(=O)=O)c(C(C)(C)C)c2)Sc2ccccc21. The average Bonchev–Trinajstić information content (AvgIpc) is 2.75. The van der Waals surface area contributed by atoms with E-state index in [9.17, 15) is 18.0 Å². The molecular formula is C28H35NO6S2. The smallest absolute Gasteiger partial charge is 0.326 e. The molecule has 0 bridgehead atoms. The third kappa shape index (κ3) is 6.96. The molecule has 0 aliphatic carbocycles. The van der Waals surface area contributed by atoms with E-state index in [4.69, 9.17) is 8.92 Å². The highest BCUT2D eigenvalue weighted by atomic mass is 32.2. The minimum absolute atomic E-state index is 0.191. The van der Waals surface area contributed by atoms with E-state index in [-0.39, 0.29) is 19.1 Å². The summed E-state index contributed by atoms with van der Waals surface area (Å²) < 4.78 is 35.0. The average molecular weight is 546 g/mol.